The van der Waals surface area contributed by atoms with Gasteiger partial charge in [0.05, 0.1) is 0 Å². The van der Waals surface area contributed by atoms with E-state index < -0.39 is 0 Å². The Kier molecular flexibility index (Phi) is 3.64. The number of carbonyl (C=O) groups excluding carboxylic acids is 1. The van der Waals surface area contributed by atoms with Gasteiger partial charge in [-0.3, -0.25) is 4.79 Å². The molecule has 0 aromatic heterocycles. The zero-order valence-corrected chi connectivity index (χ0v) is 10.4. The first-order chi connectivity index (χ1) is 7.72. The molecule has 1 amide bonds. The second-order valence-electron chi connectivity index (χ2n) is 5.03. The number of nitrogens with zero attached hydrogens (tertiary/aromatic N) is 1. The summed E-state index contributed by atoms with van der Waals surface area (Å²) < 4.78 is 0. The highest BCUT2D eigenvalue weighted by Crippen LogP contribution is 2.30. The number of amides is 1. The predicted molar refractivity (Wildman–Crippen MR) is 65.2 cm³/mol. The molecule has 2 fully saturated rings. The molecule has 1 aliphatic heterocycles. The highest BCUT2D eigenvalue weighted by molar-refractivity contribution is 5.94. The maximum absolute atomic E-state index is 12.3. The lowest BCUT2D eigenvalue weighted by Gasteiger charge is -2.27. The monoisotopic (exact) mass is 222 g/mol. The molecular weight excluding hydrogens is 200 g/mol. The summed E-state index contributed by atoms with van der Waals surface area (Å²) in [5.74, 6) is 1.05. The first-order valence-corrected chi connectivity index (χ1v) is 6.41. The van der Waals surface area contributed by atoms with E-state index in [1.807, 2.05) is 6.92 Å². The molecule has 1 heterocycles. The summed E-state index contributed by atoms with van der Waals surface area (Å²) in [7, 11) is 0. The van der Waals surface area contributed by atoms with Crippen LogP contribution < -0.4 is 5.32 Å². The summed E-state index contributed by atoms with van der Waals surface area (Å²) in [5, 5.41) is 3.19. The first kappa shape index (κ1) is 11.6. The fourth-order valence-electron chi connectivity index (χ4n) is 2.06. The van der Waals surface area contributed by atoms with Crippen molar-refractivity contribution in [3.8, 4) is 0 Å². The third kappa shape index (κ3) is 2.64. The number of nitrogens with one attached hydrogen (secondary N) is 1. The van der Waals surface area contributed by atoms with Gasteiger partial charge in [0, 0.05) is 31.8 Å². The Hall–Kier alpha value is -0.830. The lowest BCUT2D eigenvalue weighted by Crippen LogP contribution is -2.40. The van der Waals surface area contributed by atoms with Gasteiger partial charge in [-0.1, -0.05) is 6.92 Å². The van der Waals surface area contributed by atoms with E-state index >= 15 is 0 Å². The van der Waals surface area contributed by atoms with Gasteiger partial charge in [0.2, 0.25) is 5.91 Å². The van der Waals surface area contributed by atoms with E-state index in [1.165, 1.54) is 18.4 Å². The van der Waals surface area contributed by atoms with Crippen molar-refractivity contribution >= 4 is 5.91 Å². The van der Waals surface area contributed by atoms with E-state index in [0.29, 0.717) is 0 Å². The normalized spacial score (nSPS) is 19.2. The average Bonchev–Trinajstić information content (AvgIpc) is 2.97. The van der Waals surface area contributed by atoms with Gasteiger partial charge in [0.1, 0.15) is 0 Å². The SMILES string of the molecule is CCCN(CC1CC1)C(=O)C(C)=C1CNC1. The van der Waals surface area contributed by atoms with Crippen LogP contribution >= 0.6 is 0 Å². The number of rotatable bonds is 5. The molecule has 1 saturated heterocycles. The van der Waals surface area contributed by atoms with E-state index in [2.05, 4.69) is 17.1 Å². The molecular formula is C13H22N2O. The Morgan fingerprint density at radius 1 is 1.44 bits per heavy atom. The van der Waals surface area contributed by atoms with E-state index in [-0.39, 0.29) is 5.91 Å². The molecule has 90 valence electrons. The number of hydrogen-bond donors (Lipinski definition) is 1. The quantitative estimate of drug-likeness (QED) is 0.716. The Morgan fingerprint density at radius 2 is 2.12 bits per heavy atom. The molecule has 0 bridgehead atoms. The minimum absolute atomic E-state index is 0.269. The van der Waals surface area contributed by atoms with Crippen LogP contribution in [0.3, 0.4) is 0 Å². The lowest BCUT2D eigenvalue weighted by atomic mass is 10.0. The van der Waals surface area contributed by atoms with Gasteiger partial charge in [-0.05, 0) is 37.7 Å². The first-order valence-electron chi connectivity index (χ1n) is 6.41. The van der Waals surface area contributed by atoms with Crippen molar-refractivity contribution in [2.75, 3.05) is 26.2 Å². The predicted octanol–water partition coefficient (Wildman–Crippen LogP) is 1.55. The molecule has 0 unspecified atom stereocenters. The number of hydrogen-bond acceptors (Lipinski definition) is 2. The average molecular weight is 222 g/mol. The molecule has 2 rings (SSSR count). The zero-order valence-electron chi connectivity index (χ0n) is 10.4. The molecule has 0 aromatic rings. The van der Waals surface area contributed by atoms with Crippen LogP contribution in [-0.2, 0) is 4.79 Å². The van der Waals surface area contributed by atoms with Crippen molar-refractivity contribution in [1.82, 2.24) is 10.2 Å². The minimum atomic E-state index is 0.269. The van der Waals surface area contributed by atoms with Gasteiger partial charge in [-0.2, -0.15) is 0 Å². The minimum Gasteiger partial charge on any atom is -0.339 e. The van der Waals surface area contributed by atoms with Crippen molar-refractivity contribution in [3.05, 3.63) is 11.1 Å². The Bertz CT molecular complexity index is 299. The van der Waals surface area contributed by atoms with Crippen LogP contribution in [0.4, 0.5) is 0 Å². The Morgan fingerprint density at radius 3 is 2.56 bits per heavy atom. The summed E-state index contributed by atoms with van der Waals surface area (Å²) in [5.41, 5.74) is 2.27. The van der Waals surface area contributed by atoms with Crippen LogP contribution in [0.2, 0.25) is 0 Å². The van der Waals surface area contributed by atoms with E-state index in [9.17, 15) is 4.79 Å². The van der Waals surface area contributed by atoms with Crippen LogP contribution in [0.1, 0.15) is 33.1 Å². The summed E-state index contributed by atoms with van der Waals surface area (Å²) in [4.78, 5) is 14.3. The molecule has 1 saturated carbocycles. The van der Waals surface area contributed by atoms with Gasteiger partial charge in [-0.25, -0.2) is 0 Å². The van der Waals surface area contributed by atoms with Crippen LogP contribution in [0, 0.1) is 5.92 Å². The fourth-order valence-corrected chi connectivity index (χ4v) is 2.06. The second-order valence-corrected chi connectivity index (χ2v) is 5.03. The smallest absolute Gasteiger partial charge is 0.249 e. The summed E-state index contributed by atoms with van der Waals surface area (Å²) in [6.45, 7) is 7.81. The second kappa shape index (κ2) is 5.00. The van der Waals surface area contributed by atoms with Gasteiger partial charge >= 0.3 is 0 Å². The molecule has 0 aromatic carbocycles. The molecule has 1 aliphatic carbocycles. The van der Waals surface area contributed by atoms with Gasteiger partial charge in [0.25, 0.3) is 0 Å². The lowest BCUT2D eigenvalue weighted by molar-refractivity contribution is -0.127. The fraction of sp³-hybridized carbons (Fsp3) is 0.769. The van der Waals surface area contributed by atoms with Gasteiger partial charge in [-0.15, -0.1) is 0 Å². The van der Waals surface area contributed by atoms with E-state index in [0.717, 1.165) is 44.1 Å². The summed E-state index contributed by atoms with van der Waals surface area (Å²) >= 11 is 0. The Balaban J connectivity index is 1.97. The summed E-state index contributed by atoms with van der Waals surface area (Å²) in [6, 6.07) is 0. The van der Waals surface area contributed by atoms with Crippen LogP contribution in [0.15, 0.2) is 11.1 Å². The molecule has 0 spiro atoms. The van der Waals surface area contributed by atoms with Gasteiger partial charge < -0.3 is 10.2 Å². The topological polar surface area (TPSA) is 32.3 Å². The third-order valence-electron chi connectivity index (χ3n) is 3.48. The molecule has 3 nitrogen and oxygen atoms in total. The van der Waals surface area contributed by atoms with Crippen LogP contribution in [0.25, 0.3) is 0 Å². The van der Waals surface area contributed by atoms with Crippen molar-refractivity contribution in [3.63, 3.8) is 0 Å². The van der Waals surface area contributed by atoms with Crippen molar-refractivity contribution in [2.45, 2.75) is 33.1 Å². The molecule has 0 radical (unpaired) electrons. The van der Waals surface area contributed by atoms with Crippen molar-refractivity contribution in [2.24, 2.45) is 5.92 Å². The van der Waals surface area contributed by atoms with Crippen LogP contribution in [-0.4, -0.2) is 37.0 Å². The zero-order chi connectivity index (χ0) is 11.5. The highest BCUT2D eigenvalue weighted by Gasteiger charge is 2.28. The standard InChI is InChI=1S/C13H22N2O/c1-3-6-15(9-11-4-5-11)13(16)10(2)12-7-14-8-12/h11,14H,3-9H2,1-2H3. The molecule has 3 heteroatoms. The van der Waals surface area contributed by atoms with Gasteiger partial charge in [0.15, 0.2) is 0 Å². The summed E-state index contributed by atoms with van der Waals surface area (Å²) in [6.07, 6.45) is 3.68. The Labute approximate surface area is 97.9 Å². The van der Waals surface area contributed by atoms with E-state index in [4.69, 9.17) is 0 Å². The van der Waals surface area contributed by atoms with Crippen molar-refractivity contribution in [1.29, 1.82) is 0 Å². The molecule has 2 aliphatic rings. The molecule has 1 N–H and O–H groups in total. The van der Waals surface area contributed by atoms with Crippen LogP contribution in [0.5, 0.6) is 0 Å². The maximum Gasteiger partial charge on any atom is 0.249 e. The highest BCUT2D eigenvalue weighted by atomic mass is 16.2. The largest absolute Gasteiger partial charge is 0.339 e. The van der Waals surface area contributed by atoms with Crippen molar-refractivity contribution < 1.29 is 4.79 Å². The molecule has 0 atom stereocenters. The molecule has 16 heavy (non-hydrogen) atoms. The third-order valence-corrected chi connectivity index (χ3v) is 3.48. The van der Waals surface area contributed by atoms with E-state index in [1.54, 1.807) is 0 Å². The number of carbonyl (C=O) groups is 1. The maximum atomic E-state index is 12.3.